The van der Waals surface area contributed by atoms with Gasteiger partial charge in [-0.1, -0.05) is 0 Å². The van der Waals surface area contributed by atoms with Crippen LogP contribution in [0.25, 0.3) is 10.2 Å². The van der Waals surface area contributed by atoms with Crippen LogP contribution < -0.4 is 4.90 Å². The lowest BCUT2D eigenvalue weighted by atomic mass is 9.97. The molecule has 0 unspecified atom stereocenters. The third-order valence-electron chi connectivity index (χ3n) is 4.51. The van der Waals surface area contributed by atoms with E-state index in [4.69, 9.17) is 10.2 Å². The van der Waals surface area contributed by atoms with E-state index in [0.717, 1.165) is 13.1 Å². The molecule has 0 amide bonds. The molecule has 0 bridgehead atoms. The Kier molecular flexibility index (Phi) is 5.82. The molecule has 2 N–H and O–H groups in total. The number of fused-ring (bicyclic) bond motifs is 3. The van der Waals surface area contributed by atoms with E-state index in [1.807, 2.05) is 11.3 Å². The van der Waals surface area contributed by atoms with Crippen molar-refractivity contribution in [1.82, 2.24) is 9.97 Å². The first-order valence-corrected chi connectivity index (χ1v) is 9.52. The standard InChI is InChI=1S/C14H17N3S.C4H4O4/c1-2-6-11-10(5-1)12-13(17-7-3-4-8-17)15-9-16-14(12)18-11;5-3(6)1-2-4(7)8/h9H,1-8H2;1-2H,(H,5,6)(H,7,8)/b;2-1-. The monoisotopic (exact) mass is 375 g/mol. The van der Waals surface area contributed by atoms with Gasteiger partial charge < -0.3 is 15.1 Å². The smallest absolute Gasteiger partial charge is 0.328 e. The average molecular weight is 375 g/mol. The Hall–Kier alpha value is -2.48. The number of hydrogen-bond acceptors (Lipinski definition) is 6. The van der Waals surface area contributed by atoms with Crippen LogP contribution in [-0.4, -0.2) is 45.2 Å². The second-order valence-corrected chi connectivity index (χ2v) is 7.38. The van der Waals surface area contributed by atoms with Gasteiger partial charge >= 0.3 is 11.9 Å². The predicted molar refractivity (Wildman–Crippen MR) is 99.9 cm³/mol. The first-order chi connectivity index (χ1) is 12.6. The molecule has 1 aliphatic heterocycles. The minimum Gasteiger partial charge on any atom is -0.478 e. The molecule has 0 radical (unpaired) electrons. The van der Waals surface area contributed by atoms with Gasteiger partial charge in [0.15, 0.2) is 0 Å². The molecule has 0 spiro atoms. The largest absolute Gasteiger partial charge is 0.478 e. The molecule has 1 saturated heterocycles. The molecule has 0 aromatic carbocycles. The zero-order valence-corrected chi connectivity index (χ0v) is 15.2. The van der Waals surface area contributed by atoms with E-state index >= 15 is 0 Å². The third kappa shape index (κ3) is 4.19. The van der Waals surface area contributed by atoms with E-state index in [9.17, 15) is 9.59 Å². The summed E-state index contributed by atoms with van der Waals surface area (Å²) in [5, 5.41) is 17.0. The summed E-state index contributed by atoms with van der Waals surface area (Å²) in [7, 11) is 0. The normalized spacial score (nSPS) is 16.4. The number of nitrogens with zero attached hydrogens (tertiary/aromatic N) is 3. The van der Waals surface area contributed by atoms with Gasteiger partial charge in [-0.15, -0.1) is 11.3 Å². The molecular weight excluding hydrogens is 354 g/mol. The lowest BCUT2D eigenvalue weighted by Gasteiger charge is -2.18. The minimum atomic E-state index is -1.26. The van der Waals surface area contributed by atoms with Crippen molar-refractivity contribution in [2.24, 2.45) is 0 Å². The van der Waals surface area contributed by atoms with Gasteiger partial charge in [-0.25, -0.2) is 19.6 Å². The molecule has 2 aromatic rings. The Morgan fingerprint density at radius 2 is 1.65 bits per heavy atom. The maximum atomic E-state index is 9.55. The van der Waals surface area contributed by atoms with Crippen LogP contribution in [-0.2, 0) is 22.4 Å². The van der Waals surface area contributed by atoms with Crippen molar-refractivity contribution in [3.8, 4) is 0 Å². The Bertz CT molecular complexity index is 824. The fourth-order valence-electron chi connectivity index (χ4n) is 3.38. The van der Waals surface area contributed by atoms with Gasteiger partial charge in [0.25, 0.3) is 0 Å². The zero-order valence-electron chi connectivity index (χ0n) is 14.3. The number of carbonyl (C=O) groups is 2. The van der Waals surface area contributed by atoms with Crippen LogP contribution in [0.3, 0.4) is 0 Å². The van der Waals surface area contributed by atoms with Crippen LogP contribution >= 0.6 is 11.3 Å². The SMILES string of the molecule is O=C(O)/C=C\C(=O)O.c1nc(N2CCCC2)c2c3c(sc2n1)CCCC3. The number of aromatic nitrogens is 2. The maximum absolute atomic E-state index is 9.55. The molecule has 1 aliphatic carbocycles. The lowest BCUT2D eigenvalue weighted by molar-refractivity contribution is -0.134. The quantitative estimate of drug-likeness (QED) is 0.795. The molecule has 26 heavy (non-hydrogen) atoms. The summed E-state index contributed by atoms with van der Waals surface area (Å²) in [6.45, 7) is 2.33. The van der Waals surface area contributed by atoms with Crippen LogP contribution in [0.4, 0.5) is 5.82 Å². The highest BCUT2D eigenvalue weighted by molar-refractivity contribution is 7.19. The second kappa shape index (κ2) is 8.27. The third-order valence-corrected chi connectivity index (χ3v) is 5.71. The first-order valence-electron chi connectivity index (χ1n) is 8.70. The van der Waals surface area contributed by atoms with Crippen molar-refractivity contribution in [3.63, 3.8) is 0 Å². The summed E-state index contributed by atoms with van der Waals surface area (Å²) in [5.41, 5.74) is 1.56. The number of hydrogen-bond donors (Lipinski definition) is 2. The Balaban J connectivity index is 0.000000211. The topological polar surface area (TPSA) is 104 Å². The number of aliphatic carboxylic acids is 2. The van der Waals surface area contributed by atoms with Crippen molar-refractivity contribution in [2.75, 3.05) is 18.0 Å². The molecule has 0 saturated carbocycles. The molecule has 8 heteroatoms. The van der Waals surface area contributed by atoms with Crippen LogP contribution in [0.15, 0.2) is 18.5 Å². The summed E-state index contributed by atoms with van der Waals surface area (Å²) in [5.74, 6) is -1.31. The minimum absolute atomic E-state index is 0.558. The van der Waals surface area contributed by atoms with Crippen LogP contribution in [0.2, 0.25) is 0 Å². The van der Waals surface area contributed by atoms with Crippen molar-refractivity contribution in [2.45, 2.75) is 38.5 Å². The Morgan fingerprint density at radius 1 is 1.00 bits per heavy atom. The summed E-state index contributed by atoms with van der Waals surface area (Å²) >= 11 is 1.89. The van der Waals surface area contributed by atoms with E-state index < -0.39 is 11.9 Å². The zero-order chi connectivity index (χ0) is 18.5. The van der Waals surface area contributed by atoms with Gasteiger partial charge in [0.2, 0.25) is 0 Å². The molecule has 4 rings (SSSR count). The van der Waals surface area contributed by atoms with Crippen LogP contribution in [0.5, 0.6) is 0 Å². The van der Waals surface area contributed by atoms with Gasteiger partial charge in [-0.3, -0.25) is 0 Å². The summed E-state index contributed by atoms with van der Waals surface area (Å²) < 4.78 is 0. The van der Waals surface area contributed by atoms with E-state index in [2.05, 4.69) is 14.9 Å². The van der Waals surface area contributed by atoms with Crippen molar-refractivity contribution >= 4 is 39.3 Å². The number of carboxylic acids is 2. The highest BCUT2D eigenvalue weighted by Gasteiger charge is 2.23. The lowest BCUT2D eigenvalue weighted by Crippen LogP contribution is -2.19. The number of thiophene rings is 1. The molecule has 1 fully saturated rings. The highest BCUT2D eigenvalue weighted by Crippen LogP contribution is 2.39. The van der Waals surface area contributed by atoms with Gasteiger partial charge in [-0.05, 0) is 44.1 Å². The first kappa shape index (κ1) is 18.3. The maximum Gasteiger partial charge on any atom is 0.328 e. The average Bonchev–Trinajstić information content (AvgIpc) is 3.28. The van der Waals surface area contributed by atoms with Crippen molar-refractivity contribution in [1.29, 1.82) is 0 Å². The number of anilines is 1. The highest BCUT2D eigenvalue weighted by atomic mass is 32.1. The Labute approximate surface area is 155 Å². The van der Waals surface area contributed by atoms with E-state index in [-0.39, 0.29) is 0 Å². The summed E-state index contributed by atoms with van der Waals surface area (Å²) in [4.78, 5) is 33.4. The molecular formula is C18H21N3O4S. The van der Waals surface area contributed by atoms with E-state index in [0.29, 0.717) is 12.2 Å². The summed E-state index contributed by atoms with van der Waals surface area (Å²) in [6.07, 6.45) is 10.6. The number of aryl methyl sites for hydroxylation is 2. The molecule has 7 nitrogen and oxygen atoms in total. The molecule has 0 atom stereocenters. The van der Waals surface area contributed by atoms with Crippen LogP contribution in [0, 0.1) is 0 Å². The number of carboxylic acid groups (broad SMARTS) is 2. The molecule has 3 heterocycles. The van der Waals surface area contributed by atoms with E-state index in [1.54, 1.807) is 16.8 Å². The van der Waals surface area contributed by atoms with E-state index in [1.165, 1.54) is 54.6 Å². The van der Waals surface area contributed by atoms with Gasteiger partial charge in [-0.2, -0.15) is 0 Å². The van der Waals surface area contributed by atoms with Crippen molar-refractivity contribution < 1.29 is 19.8 Å². The fourth-order valence-corrected chi connectivity index (χ4v) is 4.61. The molecule has 2 aromatic heterocycles. The fraction of sp³-hybridized carbons (Fsp3) is 0.444. The van der Waals surface area contributed by atoms with Crippen molar-refractivity contribution in [3.05, 3.63) is 28.9 Å². The number of rotatable bonds is 3. The molecule has 2 aliphatic rings. The second-order valence-electron chi connectivity index (χ2n) is 6.29. The van der Waals surface area contributed by atoms with Gasteiger partial charge in [0, 0.05) is 30.1 Å². The van der Waals surface area contributed by atoms with Gasteiger partial charge in [0.05, 0.1) is 5.39 Å². The summed E-state index contributed by atoms with van der Waals surface area (Å²) in [6, 6.07) is 0. The molecule has 138 valence electrons. The Morgan fingerprint density at radius 3 is 2.31 bits per heavy atom. The predicted octanol–water partition coefficient (Wildman–Crippen LogP) is 2.88. The van der Waals surface area contributed by atoms with Gasteiger partial charge in [0.1, 0.15) is 17.0 Å². The van der Waals surface area contributed by atoms with Crippen LogP contribution in [0.1, 0.15) is 36.1 Å².